The maximum absolute atomic E-state index is 11.1. The van der Waals surface area contributed by atoms with Crippen molar-refractivity contribution in [3.05, 3.63) is 0 Å². The van der Waals surface area contributed by atoms with Gasteiger partial charge >= 0.3 is 0 Å². The fourth-order valence-electron chi connectivity index (χ4n) is 1.47. The Labute approximate surface area is 73.3 Å². The molecule has 0 radical (unpaired) electrons. The number of carbonyl (C=O) groups is 1. The maximum Gasteiger partial charge on any atom is 0.225 e. The smallest absolute Gasteiger partial charge is 0.225 e. The van der Waals surface area contributed by atoms with Crippen LogP contribution in [0.1, 0.15) is 33.1 Å². The molecule has 1 rings (SSSR count). The number of rotatable bonds is 2. The summed E-state index contributed by atoms with van der Waals surface area (Å²) in [5.41, 5.74) is 4.77. The lowest BCUT2D eigenvalue weighted by atomic mass is 9.82. The number of nitrogens with two attached hydrogens (primary N) is 1. The van der Waals surface area contributed by atoms with Crippen molar-refractivity contribution in [2.75, 3.05) is 6.61 Å². The average molecular weight is 171 g/mol. The Morgan fingerprint density at radius 2 is 2.17 bits per heavy atom. The first-order valence-electron chi connectivity index (χ1n) is 4.46. The Morgan fingerprint density at radius 1 is 1.50 bits per heavy atom. The standard InChI is InChI=1S/C9H17NO2/c1-9(2,8(10)11)7-5-3-4-6-12-7/h7H,3-6H2,1-2H3,(H2,10,11). The van der Waals surface area contributed by atoms with Crippen molar-refractivity contribution in [1.29, 1.82) is 0 Å². The molecule has 0 saturated carbocycles. The quantitative estimate of drug-likeness (QED) is 0.675. The molecule has 0 aromatic rings. The highest BCUT2D eigenvalue weighted by atomic mass is 16.5. The van der Waals surface area contributed by atoms with Crippen LogP contribution < -0.4 is 5.73 Å². The van der Waals surface area contributed by atoms with Crippen molar-refractivity contribution in [1.82, 2.24) is 0 Å². The number of primary amides is 1. The van der Waals surface area contributed by atoms with Crippen molar-refractivity contribution in [2.24, 2.45) is 11.1 Å². The van der Waals surface area contributed by atoms with Crippen molar-refractivity contribution < 1.29 is 9.53 Å². The van der Waals surface area contributed by atoms with E-state index in [4.69, 9.17) is 10.5 Å². The Bertz CT molecular complexity index is 171. The lowest BCUT2D eigenvalue weighted by Crippen LogP contribution is -2.44. The third-order valence-electron chi connectivity index (χ3n) is 2.62. The van der Waals surface area contributed by atoms with Gasteiger partial charge in [0.1, 0.15) is 0 Å². The maximum atomic E-state index is 11.1. The number of hydrogen-bond donors (Lipinski definition) is 1. The average Bonchev–Trinajstić information content (AvgIpc) is 2.06. The molecular formula is C9H17NO2. The van der Waals surface area contributed by atoms with Crippen molar-refractivity contribution in [3.8, 4) is 0 Å². The molecule has 0 spiro atoms. The zero-order valence-corrected chi connectivity index (χ0v) is 7.80. The largest absolute Gasteiger partial charge is 0.377 e. The molecule has 1 heterocycles. The second-order valence-electron chi connectivity index (χ2n) is 3.94. The van der Waals surface area contributed by atoms with Gasteiger partial charge in [-0.15, -0.1) is 0 Å². The summed E-state index contributed by atoms with van der Waals surface area (Å²) in [6.45, 7) is 4.47. The van der Waals surface area contributed by atoms with Crippen LogP contribution in [0.25, 0.3) is 0 Å². The SMILES string of the molecule is CC(C)(C(N)=O)C1CCCCO1. The Kier molecular flexibility index (Phi) is 2.73. The molecule has 3 heteroatoms. The lowest BCUT2D eigenvalue weighted by Gasteiger charge is -2.34. The Balaban J connectivity index is 2.59. The van der Waals surface area contributed by atoms with Gasteiger partial charge in [-0.05, 0) is 33.1 Å². The summed E-state index contributed by atoms with van der Waals surface area (Å²) in [5, 5.41) is 0. The molecule has 1 unspecified atom stereocenters. The highest BCUT2D eigenvalue weighted by Gasteiger charge is 2.36. The van der Waals surface area contributed by atoms with Gasteiger partial charge in [-0.2, -0.15) is 0 Å². The van der Waals surface area contributed by atoms with E-state index in [1.165, 1.54) is 0 Å². The Hall–Kier alpha value is -0.570. The van der Waals surface area contributed by atoms with E-state index in [2.05, 4.69) is 0 Å². The van der Waals surface area contributed by atoms with Crippen LogP contribution in [0.4, 0.5) is 0 Å². The first-order valence-corrected chi connectivity index (χ1v) is 4.46. The second kappa shape index (κ2) is 3.44. The van der Waals surface area contributed by atoms with Crippen LogP contribution in [-0.2, 0) is 9.53 Å². The molecule has 1 amide bonds. The van der Waals surface area contributed by atoms with Gasteiger partial charge in [0.15, 0.2) is 0 Å². The first-order chi connectivity index (χ1) is 5.55. The molecule has 3 nitrogen and oxygen atoms in total. The fourth-order valence-corrected chi connectivity index (χ4v) is 1.47. The summed E-state index contributed by atoms with van der Waals surface area (Å²) in [6, 6.07) is 0. The van der Waals surface area contributed by atoms with E-state index in [9.17, 15) is 4.79 Å². The molecule has 0 bridgehead atoms. The number of amides is 1. The summed E-state index contributed by atoms with van der Waals surface area (Å²) in [4.78, 5) is 11.1. The summed E-state index contributed by atoms with van der Waals surface area (Å²) in [7, 11) is 0. The minimum atomic E-state index is -0.513. The third kappa shape index (κ3) is 1.78. The number of ether oxygens (including phenoxy) is 1. The van der Waals surface area contributed by atoms with Gasteiger partial charge < -0.3 is 10.5 Å². The van der Waals surface area contributed by atoms with Gasteiger partial charge in [0.2, 0.25) is 5.91 Å². The van der Waals surface area contributed by atoms with Crippen LogP contribution >= 0.6 is 0 Å². The van der Waals surface area contributed by atoms with Crippen molar-refractivity contribution in [3.63, 3.8) is 0 Å². The van der Waals surface area contributed by atoms with Gasteiger partial charge in [-0.25, -0.2) is 0 Å². The summed E-state index contributed by atoms with van der Waals surface area (Å²) >= 11 is 0. The van der Waals surface area contributed by atoms with Crippen LogP contribution in [0, 0.1) is 5.41 Å². The van der Waals surface area contributed by atoms with Gasteiger partial charge in [0.25, 0.3) is 0 Å². The Morgan fingerprint density at radius 3 is 2.58 bits per heavy atom. The molecule has 0 aromatic heterocycles. The van der Waals surface area contributed by atoms with E-state index in [-0.39, 0.29) is 12.0 Å². The highest BCUT2D eigenvalue weighted by molar-refractivity contribution is 5.80. The zero-order chi connectivity index (χ0) is 9.19. The highest BCUT2D eigenvalue weighted by Crippen LogP contribution is 2.29. The first kappa shape index (κ1) is 9.52. The van der Waals surface area contributed by atoms with Crippen LogP contribution in [-0.4, -0.2) is 18.6 Å². The topological polar surface area (TPSA) is 52.3 Å². The van der Waals surface area contributed by atoms with Crippen LogP contribution in [0.2, 0.25) is 0 Å². The molecule has 1 saturated heterocycles. The number of carbonyl (C=O) groups excluding carboxylic acids is 1. The van der Waals surface area contributed by atoms with Gasteiger partial charge in [-0.3, -0.25) is 4.79 Å². The summed E-state index contributed by atoms with van der Waals surface area (Å²) in [6.07, 6.45) is 3.21. The molecule has 1 atom stereocenters. The predicted molar refractivity (Wildman–Crippen MR) is 46.6 cm³/mol. The fraction of sp³-hybridized carbons (Fsp3) is 0.889. The van der Waals surface area contributed by atoms with Crippen LogP contribution in [0.3, 0.4) is 0 Å². The second-order valence-corrected chi connectivity index (χ2v) is 3.94. The van der Waals surface area contributed by atoms with E-state index in [1.54, 1.807) is 0 Å². The van der Waals surface area contributed by atoms with Crippen LogP contribution in [0.5, 0.6) is 0 Å². The molecule has 1 aliphatic rings. The minimum Gasteiger partial charge on any atom is -0.377 e. The zero-order valence-electron chi connectivity index (χ0n) is 7.80. The molecule has 0 aromatic carbocycles. The van der Waals surface area contributed by atoms with E-state index in [1.807, 2.05) is 13.8 Å². The monoisotopic (exact) mass is 171 g/mol. The van der Waals surface area contributed by atoms with Crippen LogP contribution in [0.15, 0.2) is 0 Å². The van der Waals surface area contributed by atoms with E-state index < -0.39 is 5.41 Å². The molecule has 2 N–H and O–H groups in total. The molecule has 12 heavy (non-hydrogen) atoms. The van der Waals surface area contributed by atoms with Crippen molar-refractivity contribution in [2.45, 2.75) is 39.2 Å². The van der Waals surface area contributed by atoms with Gasteiger partial charge in [-0.1, -0.05) is 0 Å². The molecule has 1 aliphatic heterocycles. The summed E-state index contributed by atoms with van der Waals surface area (Å²) < 4.78 is 5.50. The van der Waals surface area contributed by atoms with E-state index in [0.717, 1.165) is 25.9 Å². The lowest BCUT2D eigenvalue weighted by molar-refractivity contribution is -0.137. The van der Waals surface area contributed by atoms with Gasteiger partial charge in [0.05, 0.1) is 11.5 Å². The molecule has 0 aliphatic carbocycles. The number of hydrogen-bond acceptors (Lipinski definition) is 2. The molecular weight excluding hydrogens is 154 g/mol. The third-order valence-corrected chi connectivity index (χ3v) is 2.62. The van der Waals surface area contributed by atoms with Crippen molar-refractivity contribution >= 4 is 5.91 Å². The van der Waals surface area contributed by atoms with E-state index >= 15 is 0 Å². The summed E-state index contributed by atoms with van der Waals surface area (Å²) in [5.74, 6) is -0.269. The predicted octanol–water partition coefficient (Wildman–Crippen LogP) is 1.07. The van der Waals surface area contributed by atoms with E-state index in [0.29, 0.717) is 0 Å². The minimum absolute atomic E-state index is 0.0174. The van der Waals surface area contributed by atoms with Gasteiger partial charge in [0, 0.05) is 6.61 Å². The molecule has 1 fully saturated rings. The molecule has 70 valence electrons. The normalized spacial score (nSPS) is 25.3.